The summed E-state index contributed by atoms with van der Waals surface area (Å²) < 4.78 is 36.4. The van der Waals surface area contributed by atoms with E-state index in [1.807, 2.05) is 0 Å². The molecule has 1 aliphatic heterocycles. The molecule has 1 aromatic carbocycles. The number of nitrogens with one attached hydrogen (secondary N) is 1. The van der Waals surface area contributed by atoms with E-state index in [2.05, 4.69) is 9.71 Å². The highest BCUT2D eigenvalue weighted by molar-refractivity contribution is 7.89. The molecule has 0 aliphatic carbocycles. The minimum Gasteiger partial charge on any atom is -0.497 e. The van der Waals surface area contributed by atoms with E-state index in [0.29, 0.717) is 5.75 Å². The zero-order valence-corrected chi connectivity index (χ0v) is 10.9. The van der Waals surface area contributed by atoms with E-state index in [-0.39, 0.29) is 10.6 Å². The summed E-state index contributed by atoms with van der Waals surface area (Å²) in [6.07, 6.45) is 5.36. The Morgan fingerprint density at radius 1 is 1.26 bits per heavy atom. The fraction of sp³-hybridized carbons (Fsp3) is 0.0833. The van der Waals surface area contributed by atoms with Crippen molar-refractivity contribution in [1.82, 2.24) is 4.72 Å². The molecular formula is C12H12N2O4S. The van der Waals surface area contributed by atoms with Crippen molar-refractivity contribution < 1.29 is 17.9 Å². The lowest BCUT2D eigenvalue weighted by Crippen LogP contribution is -2.23. The number of rotatable bonds is 4. The Morgan fingerprint density at radius 3 is 2.68 bits per heavy atom. The number of nitrogens with zero attached hydrogens (tertiary/aromatic N) is 1. The van der Waals surface area contributed by atoms with Crippen molar-refractivity contribution in [2.24, 2.45) is 4.99 Å². The maximum absolute atomic E-state index is 12.1. The quantitative estimate of drug-likeness (QED) is 0.904. The van der Waals surface area contributed by atoms with Crippen molar-refractivity contribution in [2.75, 3.05) is 7.11 Å². The Balaban J connectivity index is 2.20. The third-order valence-corrected chi connectivity index (χ3v) is 3.65. The van der Waals surface area contributed by atoms with Gasteiger partial charge in [-0.3, -0.25) is 9.71 Å². The molecule has 0 spiro atoms. The Hall–Kier alpha value is -2.28. The molecule has 2 rings (SSSR count). The zero-order valence-electron chi connectivity index (χ0n) is 10.1. The summed E-state index contributed by atoms with van der Waals surface area (Å²) in [6, 6.07) is 6.05. The molecule has 7 heteroatoms. The summed E-state index contributed by atoms with van der Waals surface area (Å²) in [5.41, 5.74) is 0.237. The average Bonchev–Trinajstić information content (AvgIpc) is 2.67. The maximum atomic E-state index is 12.1. The molecule has 0 radical (unpaired) electrons. The van der Waals surface area contributed by atoms with Crippen LogP contribution in [0.2, 0.25) is 0 Å². The summed E-state index contributed by atoms with van der Waals surface area (Å²) >= 11 is 0. The van der Waals surface area contributed by atoms with Gasteiger partial charge in [-0.1, -0.05) is 0 Å². The maximum Gasteiger partial charge on any atom is 0.262 e. The molecule has 0 saturated carbocycles. The van der Waals surface area contributed by atoms with Gasteiger partial charge in [0.05, 0.1) is 24.4 Å². The van der Waals surface area contributed by atoms with Gasteiger partial charge in [-0.05, 0) is 24.3 Å². The number of hydrogen-bond acceptors (Lipinski definition) is 5. The molecular weight excluding hydrogens is 268 g/mol. The van der Waals surface area contributed by atoms with Crippen LogP contribution in [0.15, 0.2) is 58.6 Å². The number of hydrogen-bond donors (Lipinski definition) is 1. The molecule has 19 heavy (non-hydrogen) atoms. The summed E-state index contributed by atoms with van der Waals surface area (Å²) in [6.45, 7) is 0. The fourth-order valence-electron chi connectivity index (χ4n) is 1.36. The number of aliphatic imine (C=N–C) groups is 1. The monoisotopic (exact) mass is 280 g/mol. The molecule has 0 bridgehead atoms. The minimum atomic E-state index is -3.67. The lowest BCUT2D eigenvalue weighted by molar-refractivity contribution is 0.399. The minimum absolute atomic E-state index is 0.125. The third kappa shape index (κ3) is 3.35. The molecule has 0 atom stereocenters. The standard InChI is InChI=1S/C12H12N2O4S/c1-17-11-2-4-12(5-3-11)19(15,16)14-10-8-13-6-7-18-9-10/h2-9,14H,1H3. The van der Waals surface area contributed by atoms with E-state index >= 15 is 0 Å². The SMILES string of the molecule is COc1ccc(S(=O)(=O)NC2=COC=CN=C2)cc1. The summed E-state index contributed by atoms with van der Waals surface area (Å²) in [4.78, 5) is 3.94. The lowest BCUT2D eigenvalue weighted by Gasteiger charge is -2.08. The second kappa shape index (κ2) is 5.57. The summed E-state index contributed by atoms with van der Waals surface area (Å²) in [7, 11) is -2.16. The van der Waals surface area contributed by atoms with Gasteiger partial charge in [0.1, 0.15) is 24.0 Å². The van der Waals surface area contributed by atoms with Gasteiger partial charge in [-0.25, -0.2) is 8.42 Å². The molecule has 1 aromatic rings. The van der Waals surface area contributed by atoms with E-state index in [4.69, 9.17) is 9.47 Å². The van der Waals surface area contributed by atoms with Gasteiger partial charge < -0.3 is 9.47 Å². The highest BCUT2D eigenvalue weighted by atomic mass is 32.2. The second-order valence-electron chi connectivity index (χ2n) is 3.55. The van der Waals surface area contributed by atoms with Crippen molar-refractivity contribution in [3.8, 4) is 5.75 Å². The smallest absolute Gasteiger partial charge is 0.262 e. The van der Waals surface area contributed by atoms with Crippen molar-refractivity contribution in [2.45, 2.75) is 4.90 Å². The molecule has 100 valence electrons. The number of allylic oxidation sites excluding steroid dienone is 1. The summed E-state index contributed by atoms with van der Waals surface area (Å²) in [5.74, 6) is 0.585. The van der Waals surface area contributed by atoms with Gasteiger partial charge in [0, 0.05) is 0 Å². The van der Waals surface area contributed by atoms with Gasteiger partial charge in [-0.2, -0.15) is 0 Å². The molecule has 1 N–H and O–H groups in total. The highest BCUT2D eigenvalue weighted by Crippen LogP contribution is 2.16. The van der Waals surface area contributed by atoms with Gasteiger partial charge in [0.25, 0.3) is 10.0 Å². The molecule has 0 aromatic heterocycles. The molecule has 0 amide bonds. The molecule has 6 nitrogen and oxygen atoms in total. The molecule has 0 saturated heterocycles. The fourth-order valence-corrected chi connectivity index (χ4v) is 2.38. The zero-order chi connectivity index (χ0) is 13.7. The Bertz CT molecular complexity index is 630. The third-order valence-electron chi connectivity index (χ3n) is 2.26. The van der Waals surface area contributed by atoms with Crippen LogP contribution < -0.4 is 9.46 Å². The van der Waals surface area contributed by atoms with Gasteiger partial charge in [-0.15, -0.1) is 0 Å². The topological polar surface area (TPSA) is 77.0 Å². The van der Waals surface area contributed by atoms with Crippen LogP contribution >= 0.6 is 0 Å². The first-order valence-electron chi connectivity index (χ1n) is 5.32. The van der Waals surface area contributed by atoms with Crippen LogP contribution in [0.25, 0.3) is 0 Å². The van der Waals surface area contributed by atoms with E-state index in [1.54, 1.807) is 12.1 Å². The normalized spacial score (nSPS) is 14.3. The lowest BCUT2D eigenvalue weighted by atomic mass is 10.3. The Morgan fingerprint density at radius 2 is 2.00 bits per heavy atom. The number of benzene rings is 1. The van der Waals surface area contributed by atoms with Crippen LogP contribution in [0.4, 0.5) is 0 Å². The highest BCUT2D eigenvalue weighted by Gasteiger charge is 2.15. The van der Waals surface area contributed by atoms with Crippen molar-refractivity contribution >= 4 is 16.2 Å². The van der Waals surface area contributed by atoms with E-state index < -0.39 is 10.0 Å². The predicted molar refractivity (Wildman–Crippen MR) is 70.1 cm³/mol. The van der Waals surface area contributed by atoms with E-state index in [9.17, 15) is 8.42 Å². The molecule has 1 aliphatic rings. The van der Waals surface area contributed by atoms with E-state index in [0.717, 1.165) is 0 Å². The van der Waals surface area contributed by atoms with Crippen molar-refractivity contribution in [3.05, 3.63) is 48.7 Å². The molecule has 1 heterocycles. The number of sulfonamides is 1. The van der Waals surface area contributed by atoms with E-state index in [1.165, 1.54) is 44.2 Å². The Kier molecular flexibility index (Phi) is 3.86. The number of ether oxygens (including phenoxy) is 2. The van der Waals surface area contributed by atoms with Crippen LogP contribution in [0, 0.1) is 0 Å². The average molecular weight is 280 g/mol. The largest absolute Gasteiger partial charge is 0.497 e. The van der Waals surface area contributed by atoms with Crippen LogP contribution in [0.3, 0.4) is 0 Å². The van der Waals surface area contributed by atoms with Crippen LogP contribution in [-0.2, 0) is 14.8 Å². The van der Waals surface area contributed by atoms with Crippen LogP contribution in [0.5, 0.6) is 5.75 Å². The van der Waals surface area contributed by atoms with Crippen molar-refractivity contribution in [3.63, 3.8) is 0 Å². The molecule has 0 fully saturated rings. The van der Waals surface area contributed by atoms with Crippen molar-refractivity contribution in [1.29, 1.82) is 0 Å². The van der Waals surface area contributed by atoms with Gasteiger partial charge in [0.15, 0.2) is 0 Å². The van der Waals surface area contributed by atoms with Gasteiger partial charge in [0.2, 0.25) is 0 Å². The van der Waals surface area contributed by atoms with Crippen LogP contribution in [0.1, 0.15) is 0 Å². The van der Waals surface area contributed by atoms with Crippen LogP contribution in [-0.4, -0.2) is 21.7 Å². The first-order chi connectivity index (χ1) is 9.12. The van der Waals surface area contributed by atoms with Gasteiger partial charge >= 0.3 is 0 Å². The first kappa shape index (κ1) is 13.2. The first-order valence-corrected chi connectivity index (χ1v) is 6.81. The summed E-state index contributed by atoms with van der Waals surface area (Å²) in [5, 5.41) is 0. The Labute approximate surface area is 111 Å². The predicted octanol–water partition coefficient (Wildman–Crippen LogP) is 1.39. The number of methoxy groups -OCH3 is 1. The molecule has 0 unspecified atom stereocenters. The second-order valence-corrected chi connectivity index (χ2v) is 5.24.